The van der Waals surface area contributed by atoms with Crippen LogP contribution in [0.25, 0.3) is 0 Å². The lowest BCUT2D eigenvalue weighted by Gasteiger charge is -2.29. The van der Waals surface area contributed by atoms with Crippen molar-refractivity contribution in [2.75, 3.05) is 0 Å². The molecule has 0 radical (unpaired) electrons. The molecule has 0 heterocycles. The van der Waals surface area contributed by atoms with Gasteiger partial charge in [-0.1, -0.05) is 13.0 Å². The number of halogens is 1. The Labute approximate surface area is 62.1 Å². The fourth-order valence-electron chi connectivity index (χ4n) is 1.54. The van der Waals surface area contributed by atoms with E-state index in [4.69, 9.17) is 0 Å². The van der Waals surface area contributed by atoms with E-state index in [-0.39, 0.29) is 0 Å². The molecule has 1 aliphatic carbocycles. The van der Waals surface area contributed by atoms with Gasteiger partial charge in [-0.25, -0.2) is 4.39 Å². The molecule has 1 heteroatoms. The maximum atomic E-state index is 13.6. The lowest BCUT2D eigenvalue weighted by atomic mass is 9.82. The van der Waals surface area contributed by atoms with E-state index in [1.54, 1.807) is 6.92 Å². The first kappa shape index (κ1) is 7.77. The minimum Gasteiger partial charge on any atom is -0.239 e. The molecule has 58 valence electrons. The Morgan fingerprint density at radius 1 is 1.30 bits per heavy atom. The Bertz CT molecular complexity index is 132. The van der Waals surface area contributed by atoms with Crippen LogP contribution in [-0.4, -0.2) is 5.67 Å². The molecule has 0 N–H and O–H groups in total. The largest absolute Gasteiger partial charge is 0.239 e. The highest BCUT2D eigenvalue weighted by Crippen LogP contribution is 2.36. The summed E-state index contributed by atoms with van der Waals surface area (Å²) in [7, 11) is 0. The number of allylic oxidation sites excluding steroid dienone is 1. The smallest absolute Gasteiger partial charge is 0.131 e. The van der Waals surface area contributed by atoms with Gasteiger partial charge in [0.15, 0.2) is 0 Å². The summed E-state index contributed by atoms with van der Waals surface area (Å²) in [6.07, 6.45) is 4.65. The lowest BCUT2D eigenvalue weighted by Crippen LogP contribution is -2.26. The van der Waals surface area contributed by atoms with Crippen molar-refractivity contribution < 1.29 is 4.39 Å². The van der Waals surface area contributed by atoms with E-state index >= 15 is 0 Å². The molecule has 0 aromatic heterocycles. The second-order valence-electron chi connectivity index (χ2n) is 3.31. The van der Waals surface area contributed by atoms with Gasteiger partial charge in [0.05, 0.1) is 0 Å². The summed E-state index contributed by atoms with van der Waals surface area (Å²) >= 11 is 0. The Balaban J connectivity index is 2.56. The van der Waals surface area contributed by atoms with Gasteiger partial charge in [-0.3, -0.25) is 0 Å². The van der Waals surface area contributed by atoms with Gasteiger partial charge in [-0.05, 0) is 38.2 Å². The fraction of sp³-hybridized carbons (Fsp3) is 0.778. The number of alkyl halides is 1. The molecule has 1 aliphatic rings. The Morgan fingerprint density at radius 3 is 2.10 bits per heavy atom. The van der Waals surface area contributed by atoms with Gasteiger partial charge < -0.3 is 0 Å². The van der Waals surface area contributed by atoms with Gasteiger partial charge in [0.2, 0.25) is 0 Å². The molecule has 0 bridgehead atoms. The highest BCUT2D eigenvalue weighted by molar-refractivity contribution is 5.10. The average Bonchev–Trinajstić information content (AvgIpc) is 1.89. The van der Waals surface area contributed by atoms with Gasteiger partial charge in [-0.2, -0.15) is 0 Å². The van der Waals surface area contributed by atoms with Crippen LogP contribution < -0.4 is 0 Å². The zero-order chi connectivity index (χ0) is 7.61. The van der Waals surface area contributed by atoms with Crippen LogP contribution in [0.15, 0.2) is 12.2 Å². The van der Waals surface area contributed by atoms with Crippen LogP contribution in [0.3, 0.4) is 0 Å². The van der Waals surface area contributed by atoms with E-state index in [0.717, 1.165) is 12.8 Å². The first-order chi connectivity index (χ1) is 4.65. The highest BCUT2D eigenvalue weighted by atomic mass is 18.2. The molecule has 0 aliphatic heterocycles. The topological polar surface area (TPSA) is 0 Å². The van der Waals surface area contributed by atoms with Gasteiger partial charge in [0.25, 0.3) is 0 Å². The second kappa shape index (κ2) is 2.73. The van der Waals surface area contributed by atoms with E-state index in [0.29, 0.717) is 18.4 Å². The van der Waals surface area contributed by atoms with Crippen LogP contribution >= 0.6 is 0 Å². The molecule has 0 unspecified atom stereocenters. The summed E-state index contributed by atoms with van der Waals surface area (Å²) < 4.78 is 13.6. The van der Waals surface area contributed by atoms with Crippen LogP contribution in [0.5, 0.6) is 0 Å². The Hall–Kier alpha value is -0.330. The normalized spacial score (nSPS) is 24.2. The van der Waals surface area contributed by atoms with E-state index in [2.05, 4.69) is 6.58 Å². The minimum atomic E-state index is -1.02. The molecule has 0 amide bonds. The number of rotatable bonds is 1. The van der Waals surface area contributed by atoms with E-state index < -0.39 is 5.67 Å². The first-order valence-corrected chi connectivity index (χ1v) is 4.00. The summed E-state index contributed by atoms with van der Waals surface area (Å²) in [5, 5.41) is 0. The van der Waals surface area contributed by atoms with Gasteiger partial charge >= 0.3 is 0 Å². The van der Waals surface area contributed by atoms with Gasteiger partial charge in [-0.15, -0.1) is 0 Å². The van der Waals surface area contributed by atoms with Gasteiger partial charge in [0.1, 0.15) is 5.67 Å². The second-order valence-corrected chi connectivity index (χ2v) is 3.31. The van der Waals surface area contributed by atoms with Crippen molar-refractivity contribution in [3.8, 4) is 0 Å². The standard InChI is InChI=1S/C9H15F/c1-8(2)9(10)6-4-3-5-7-9/h1,3-7H2,2H3/i10-1. The number of hydrogen-bond acceptors (Lipinski definition) is 0. The van der Waals surface area contributed by atoms with E-state index in [1.165, 1.54) is 6.42 Å². The Kier molecular flexibility index (Phi) is 2.12. The minimum absolute atomic E-state index is 0.697. The predicted molar refractivity (Wildman–Crippen MR) is 41.7 cm³/mol. The van der Waals surface area contributed by atoms with Crippen molar-refractivity contribution in [1.82, 2.24) is 0 Å². The molecular formula is C9H15F. The molecule has 0 spiro atoms. The molecule has 1 rings (SSSR count). The van der Waals surface area contributed by atoms with E-state index in [1.807, 2.05) is 0 Å². The van der Waals surface area contributed by atoms with Gasteiger partial charge in [0, 0.05) is 0 Å². The fourth-order valence-corrected chi connectivity index (χ4v) is 1.54. The van der Waals surface area contributed by atoms with Crippen molar-refractivity contribution >= 4 is 0 Å². The third-order valence-electron chi connectivity index (χ3n) is 2.41. The third kappa shape index (κ3) is 1.39. The number of hydrogen-bond donors (Lipinski definition) is 0. The molecule has 0 nitrogen and oxygen atoms in total. The van der Waals surface area contributed by atoms with E-state index in [9.17, 15) is 4.39 Å². The van der Waals surface area contributed by atoms with Crippen molar-refractivity contribution in [1.29, 1.82) is 0 Å². The van der Waals surface area contributed by atoms with Crippen LogP contribution in [0.4, 0.5) is 4.39 Å². The molecule has 1 fully saturated rings. The van der Waals surface area contributed by atoms with Crippen molar-refractivity contribution in [3.05, 3.63) is 12.2 Å². The molecule has 0 saturated heterocycles. The molecule has 10 heavy (non-hydrogen) atoms. The van der Waals surface area contributed by atoms with Crippen molar-refractivity contribution in [3.63, 3.8) is 0 Å². The maximum absolute atomic E-state index is 13.6. The van der Waals surface area contributed by atoms with Crippen LogP contribution in [0.1, 0.15) is 39.0 Å². The van der Waals surface area contributed by atoms with Crippen LogP contribution in [0, 0.1) is 0 Å². The summed E-state index contributed by atoms with van der Waals surface area (Å²) in [6, 6.07) is 0. The zero-order valence-corrected chi connectivity index (χ0v) is 6.62. The SMILES string of the molecule is C=C(C)C1([18F])CCCCC1. The van der Waals surface area contributed by atoms with Crippen molar-refractivity contribution in [2.45, 2.75) is 44.7 Å². The third-order valence-corrected chi connectivity index (χ3v) is 2.41. The average molecular weight is 141 g/mol. The summed E-state index contributed by atoms with van der Waals surface area (Å²) in [5.74, 6) is 0. The maximum Gasteiger partial charge on any atom is 0.131 e. The monoisotopic (exact) mass is 141 g/mol. The highest BCUT2D eigenvalue weighted by Gasteiger charge is 2.31. The zero-order valence-electron chi connectivity index (χ0n) is 6.62. The lowest BCUT2D eigenvalue weighted by molar-refractivity contribution is 0.149. The molecule has 0 atom stereocenters. The molecule has 1 saturated carbocycles. The summed E-state index contributed by atoms with van der Waals surface area (Å²) in [6.45, 7) is 5.47. The molecular weight excluding hydrogens is 126 g/mol. The first-order valence-electron chi connectivity index (χ1n) is 4.00. The van der Waals surface area contributed by atoms with Crippen LogP contribution in [-0.2, 0) is 0 Å². The quantitative estimate of drug-likeness (QED) is 0.492. The predicted octanol–water partition coefficient (Wildman–Crippen LogP) is 3.23. The summed E-state index contributed by atoms with van der Waals surface area (Å²) in [5.41, 5.74) is -0.301. The molecule has 0 aromatic carbocycles. The molecule has 0 aromatic rings. The summed E-state index contributed by atoms with van der Waals surface area (Å²) in [4.78, 5) is 0. The van der Waals surface area contributed by atoms with Crippen molar-refractivity contribution in [2.24, 2.45) is 0 Å². The Morgan fingerprint density at radius 2 is 1.80 bits per heavy atom. The van der Waals surface area contributed by atoms with Crippen LogP contribution in [0.2, 0.25) is 0 Å².